The minimum atomic E-state index is -4.66. The maximum Gasteiger partial charge on any atom is 0.421 e. The average molecular weight is 367 g/mol. The van der Waals surface area contributed by atoms with E-state index in [-0.39, 0.29) is 12.1 Å². The average Bonchev–Trinajstić information content (AvgIpc) is 2.34. The summed E-state index contributed by atoms with van der Waals surface area (Å²) in [5.41, 5.74) is -0.322. The Labute approximate surface area is 131 Å². The van der Waals surface area contributed by atoms with E-state index in [0.717, 1.165) is 6.07 Å². The molecule has 1 atom stereocenters. The van der Waals surface area contributed by atoms with E-state index in [2.05, 4.69) is 5.32 Å². The van der Waals surface area contributed by atoms with Gasteiger partial charge in [0.15, 0.2) is 4.90 Å². The number of nitrogens with one attached hydrogen (secondary N) is 1. The first kappa shape index (κ1) is 16.5. The second-order valence-corrected chi connectivity index (χ2v) is 8.76. The number of hydrogen-bond acceptors (Lipinski definition) is 2. The third-order valence-electron chi connectivity index (χ3n) is 2.94. The summed E-state index contributed by atoms with van der Waals surface area (Å²) in [6, 6.07) is 2.64. The van der Waals surface area contributed by atoms with Crippen LogP contribution in [0.4, 0.5) is 13.2 Å². The number of alkyl halides is 6. The van der Waals surface area contributed by atoms with Crippen molar-refractivity contribution in [2.75, 3.05) is 6.54 Å². The fourth-order valence-corrected chi connectivity index (χ4v) is 3.75. The van der Waals surface area contributed by atoms with E-state index in [1.165, 1.54) is 6.07 Å². The van der Waals surface area contributed by atoms with Gasteiger partial charge in [-0.15, -0.1) is 0 Å². The monoisotopic (exact) mass is 365 g/mol. The van der Waals surface area contributed by atoms with Gasteiger partial charge in [-0.3, -0.25) is 0 Å². The summed E-state index contributed by atoms with van der Waals surface area (Å²) in [7, 11) is 0. The topological polar surface area (TPSA) is 35.1 Å². The molecule has 0 spiro atoms. The SMILES string of the molecule is [O-][S+](c1ccc2c(c1C(F)(F)F)CNCC2)C(Cl)(Cl)Cl. The number of hydrogen-bond donors (Lipinski definition) is 1. The van der Waals surface area contributed by atoms with Crippen LogP contribution in [-0.2, 0) is 30.3 Å². The number of benzene rings is 1. The Morgan fingerprint density at radius 3 is 2.40 bits per heavy atom. The molecule has 0 saturated carbocycles. The van der Waals surface area contributed by atoms with E-state index in [0.29, 0.717) is 18.5 Å². The minimum Gasteiger partial charge on any atom is -0.608 e. The second kappa shape index (κ2) is 5.74. The van der Waals surface area contributed by atoms with Gasteiger partial charge in [-0.25, -0.2) is 0 Å². The number of halogens is 6. The Bertz CT molecular complexity index is 519. The van der Waals surface area contributed by atoms with Crippen molar-refractivity contribution < 1.29 is 17.7 Å². The van der Waals surface area contributed by atoms with Gasteiger partial charge in [-0.05, 0) is 65.0 Å². The van der Waals surface area contributed by atoms with Crippen LogP contribution in [0.25, 0.3) is 0 Å². The largest absolute Gasteiger partial charge is 0.608 e. The Hall–Kier alpha value is 0.150. The van der Waals surface area contributed by atoms with Crippen LogP contribution in [0.15, 0.2) is 17.0 Å². The quantitative estimate of drug-likeness (QED) is 0.606. The van der Waals surface area contributed by atoms with Gasteiger partial charge in [0, 0.05) is 17.7 Å². The summed E-state index contributed by atoms with van der Waals surface area (Å²) in [6.07, 6.45) is -4.19. The predicted molar refractivity (Wildman–Crippen MR) is 73.6 cm³/mol. The molecule has 112 valence electrons. The number of rotatable bonds is 1. The third-order valence-corrected chi connectivity index (χ3v) is 5.36. The van der Waals surface area contributed by atoms with E-state index in [1.54, 1.807) is 0 Å². The first-order valence-electron chi connectivity index (χ1n) is 5.53. The Morgan fingerprint density at radius 1 is 1.20 bits per heavy atom. The zero-order valence-electron chi connectivity index (χ0n) is 9.86. The molecule has 1 aromatic carbocycles. The van der Waals surface area contributed by atoms with Gasteiger partial charge in [0.2, 0.25) is 0 Å². The lowest BCUT2D eigenvalue weighted by Crippen LogP contribution is -2.30. The molecule has 1 aromatic rings. The maximum absolute atomic E-state index is 13.3. The summed E-state index contributed by atoms with van der Waals surface area (Å²) < 4.78 is 49.6. The third kappa shape index (κ3) is 3.31. The highest BCUT2D eigenvalue weighted by Gasteiger charge is 2.46. The van der Waals surface area contributed by atoms with Crippen LogP contribution in [0.3, 0.4) is 0 Å². The van der Waals surface area contributed by atoms with Gasteiger partial charge in [0.05, 0.1) is 0 Å². The minimum absolute atomic E-state index is 0.0507. The highest BCUT2D eigenvalue weighted by Crippen LogP contribution is 2.45. The molecule has 2 nitrogen and oxygen atoms in total. The number of fused-ring (bicyclic) bond motifs is 1. The van der Waals surface area contributed by atoms with Crippen molar-refractivity contribution in [3.63, 3.8) is 0 Å². The molecular formula is C11H9Cl3F3NOS. The van der Waals surface area contributed by atoms with Crippen LogP contribution >= 0.6 is 34.8 Å². The Balaban J connectivity index is 2.63. The fourth-order valence-electron chi connectivity index (χ4n) is 2.13. The molecule has 1 heterocycles. The first-order chi connectivity index (χ1) is 9.12. The van der Waals surface area contributed by atoms with E-state index in [1.807, 2.05) is 0 Å². The summed E-state index contributed by atoms with van der Waals surface area (Å²) in [6.45, 7) is 0.645. The standard InChI is InChI=1S/C11H9Cl3F3NOS/c12-11(13,14)20(19)8-2-1-6-3-4-18-5-7(6)9(8)10(15,16)17/h1-2,18H,3-5H2. The summed E-state index contributed by atoms with van der Waals surface area (Å²) >= 11 is 14.0. The van der Waals surface area contributed by atoms with Crippen molar-refractivity contribution in [1.29, 1.82) is 0 Å². The summed E-state index contributed by atoms with van der Waals surface area (Å²) in [5.74, 6) is 0. The van der Waals surface area contributed by atoms with Crippen LogP contribution in [0, 0.1) is 0 Å². The molecule has 1 unspecified atom stereocenters. The predicted octanol–water partition coefficient (Wildman–Crippen LogP) is 3.79. The molecule has 1 aliphatic heterocycles. The van der Waals surface area contributed by atoms with E-state index >= 15 is 0 Å². The lowest BCUT2D eigenvalue weighted by atomic mass is 9.95. The van der Waals surface area contributed by atoms with Crippen LogP contribution in [-0.4, -0.2) is 14.2 Å². The molecule has 1 aliphatic rings. The highest BCUT2D eigenvalue weighted by molar-refractivity contribution is 7.97. The molecule has 2 rings (SSSR count). The van der Waals surface area contributed by atoms with Crippen molar-refractivity contribution in [2.24, 2.45) is 0 Å². The molecule has 0 radical (unpaired) electrons. The molecule has 0 amide bonds. The van der Waals surface area contributed by atoms with Gasteiger partial charge >= 0.3 is 9.30 Å². The van der Waals surface area contributed by atoms with Crippen LogP contribution in [0.1, 0.15) is 16.7 Å². The first-order valence-corrected chi connectivity index (χ1v) is 7.82. The molecule has 0 bridgehead atoms. The van der Waals surface area contributed by atoms with Gasteiger partial charge in [-0.1, -0.05) is 6.07 Å². The molecule has 0 fully saturated rings. The molecule has 20 heavy (non-hydrogen) atoms. The summed E-state index contributed by atoms with van der Waals surface area (Å²) in [5, 5.41) is 2.86. The van der Waals surface area contributed by atoms with Crippen LogP contribution < -0.4 is 5.32 Å². The van der Waals surface area contributed by atoms with Gasteiger partial charge in [-0.2, -0.15) is 13.2 Å². The molecule has 9 heteroatoms. The van der Waals surface area contributed by atoms with Crippen LogP contribution in [0.5, 0.6) is 0 Å². The zero-order chi connectivity index (χ0) is 15.1. The van der Waals surface area contributed by atoms with E-state index < -0.39 is 30.9 Å². The van der Waals surface area contributed by atoms with Gasteiger partial charge in [0.25, 0.3) is 0 Å². The normalized spacial score (nSPS) is 17.8. The Kier molecular flexibility index (Phi) is 4.74. The van der Waals surface area contributed by atoms with Crippen molar-refractivity contribution in [3.05, 3.63) is 28.8 Å². The molecular weight excluding hydrogens is 358 g/mol. The second-order valence-electron chi connectivity index (χ2n) is 4.22. The van der Waals surface area contributed by atoms with Crippen molar-refractivity contribution in [3.8, 4) is 0 Å². The molecule has 0 aromatic heterocycles. The molecule has 0 saturated heterocycles. The lowest BCUT2D eigenvalue weighted by molar-refractivity contribution is -0.140. The lowest BCUT2D eigenvalue weighted by Gasteiger charge is -2.26. The van der Waals surface area contributed by atoms with Crippen molar-refractivity contribution in [1.82, 2.24) is 5.32 Å². The van der Waals surface area contributed by atoms with E-state index in [4.69, 9.17) is 34.8 Å². The van der Waals surface area contributed by atoms with Crippen molar-refractivity contribution in [2.45, 2.75) is 27.2 Å². The van der Waals surface area contributed by atoms with Crippen molar-refractivity contribution >= 4 is 46.0 Å². The van der Waals surface area contributed by atoms with E-state index in [9.17, 15) is 17.7 Å². The Morgan fingerprint density at radius 2 is 1.85 bits per heavy atom. The fraction of sp³-hybridized carbons (Fsp3) is 0.455. The zero-order valence-corrected chi connectivity index (χ0v) is 12.9. The van der Waals surface area contributed by atoms with Gasteiger partial charge < -0.3 is 9.87 Å². The smallest absolute Gasteiger partial charge is 0.421 e. The highest BCUT2D eigenvalue weighted by atomic mass is 35.6. The molecule has 1 N–H and O–H groups in total. The summed E-state index contributed by atoms with van der Waals surface area (Å²) in [4.78, 5) is -0.500. The maximum atomic E-state index is 13.3. The van der Waals surface area contributed by atoms with Crippen LogP contribution in [0.2, 0.25) is 0 Å². The van der Waals surface area contributed by atoms with Gasteiger partial charge in [0.1, 0.15) is 5.56 Å². The molecule has 0 aliphatic carbocycles.